The predicted octanol–water partition coefficient (Wildman–Crippen LogP) is 1.86. The number of sulfonamides is 1. The number of piperidine rings is 1. The van der Waals surface area contributed by atoms with Crippen LogP contribution < -0.4 is 11.1 Å². The van der Waals surface area contributed by atoms with E-state index in [4.69, 9.17) is 5.73 Å². The molecule has 6 nitrogen and oxygen atoms in total. The standard InChI is InChI=1S/C18H27N3O3S/c19-14-8-10-15(11-9-14)20-18(22)16-6-2-3-7-17(16)25(23,24)21-12-4-1-5-13-21/h2-3,6-7,14-15H,1,4-5,8-13,19H2,(H,20,22). The van der Waals surface area contributed by atoms with Crippen molar-refractivity contribution in [2.45, 2.75) is 61.9 Å². The predicted molar refractivity (Wildman–Crippen MR) is 96.7 cm³/mol. The lowest BCUT2D eigenvalue weighted by Crippen LogP contribution is -2.41. The summed E-state index contributed by atoms with van der Waals surface area (Å²) in [5.41, 5.74) is 6.14. The minimum absolute atomic E-state index is 0.0676. The first-order valence-corrected chi connectivity index (χ1v) is 10.6. The third-order valence-corrected chi connectivity index (χ3v) is 7.13. The molecule has 1 saturated heterocycles. The van der Waals surface area contributed by atoms with E-state index in [2.05, 4.69) is 5.32 Å². The molecule has 0 spiro atoms. The summed E-state index contributed by atoms with van der Waals surface area (Å²) >= 11 is 0. The first kappa shape index (κ1) is 18.4. The smallest absolute Gasteiger partial charge is 0.252 e. The fraction of sp³-hybridized carbons (Fsp3) is 0.611. The van der Waals surface area contributed by atoms with Crippen LogP contribution in [0, 0.1) is 0 Å². The number of benzene rings is 1. The summed E-state index contributed by atoms with van der Waals surface area (Å²) in [4.78, 5) is 12.8. The van der Waals surface area contributed by atoms with E-state index in [1.807, 2.05) is 0 Å². The quantitative estimate of drug-likeness (QED) is 0.852. The molecular formula is C18H27N3O3S. The second kappa shape index (κ2) is 7.85. The zero-order valence-electron chi connectivity index (χ0n) is 14.5. The molecule has 1 aromatic carbocycles. The van der Waals surface area contributed by atoms with Gasteiger partial charge in [0.05, 0.1) is 10.5 Å². The molecule has 1 heterocycles. The molecule has 138 valence electrons. The maximum Gasteiger partial charge on any atom is 0.252 e. The van der Waals surface area contributed by atoms with Gasteiger partial charge >= 0.3 is 0 Å². The maximum atomic E-state index is 13.0. The number of nitrogens with one attached hydrogen (secondary N) is 1. The highest BCUT2D eigenvalue weighted by Gasteiger charge is 2.30. The molecule has 1 aliphatic carbocycles. The SMILES string of the molecule is NC1CCC(NC(=O)c2ccccc2S(=O)(=O)N2CCCCC2)CC1. The van der Waals surface area contributed by atoms with Crippen LogP contribution >= 0.6 is 0 Å². The zero-order chi connectivity index (χ0) is 17.9. The topological polar surface area (TPSA) is 92.5 Å². The summed E-state index contributed by atoms with van der Waals surface area (Å²) in [5.74, 6) is -0.309. The molecule has 0 atom stereocenters. The first-order valence-electron chi connectivity index (χ1n) is 9.14. The van der Waals surface area contributed by atoms with Crippen molar-refractivity contribution >= 4 is 15.9 Å². The summed E-state index contributed by atoms with van der Waals surface area (Å²) < 4.78 is 27.5. The summed E-state index contributed by atoms with van der Waals surface area (Å²) in [7, 11) is -3.63. The Labute approximate surface area is 149 Å². The minimum atomic E-state index is -3.63. The molecule has 1 aromatic rings. The normalized spacial score (nSPS) is 25.5. The zero-order valence-corrected chi connectivity index (χ0v) is 15.3. The minimum Gasteiger partial charge on any atom is -0.349 e. The largest absolute Gasteiger partial charge is 0.349 e. The summed E-state index contributed by atoms with van der Waals surface area (Å²) in [5, 5.41) is 2.99. The van der Waals surface area contributed by atoms with Crippen molar-refractivity contribution in [3.63, 3.8) is 0 Å². The van der Waals surface area contributed by atoms with E-state index in [9.17, 15) is 13.2 Å². The molecule has 2 aliphatic rings. The van der Waals surface area contributed by atoms with Gasteiger partial charge in [-0.15, -0.1) is 0 Å². The van der Waals surface area contributed by atoms with E-state index in [-0.39, 0.29) is 28.4 Å². The van der Waals surface area contributed by atoms with Gasteiger partial charge in [-0.05, 0) is 50.7 Å². The number of rotatable bonds is 4. The highest BCUT2D eigenvalue weighted by atomic mass is 32.2. The van der Waals surface area contributed by atoms with Crippen LogP contribution in [0.2, 0.25) is 0 Å². The number of nitrogens with two attached hydrogens (primary N) is 1. The van der Waals surface area contributed by atoms with Crippen LogP contribution in [0.3, 0.4) is 0 Å². The van der Waals surface area contributed by atoms with Crippen molar-refractivity contribution in [3.8, 4) is 0 Å². The van der Waals surface area contributed by atoms with Crippen molar-refractivity contribution in [3.05, 3.63) is 29.8 Å². The Balaban J connectivity index is 1.79. The van der Waals surface area contributed by atoms with Crippen LogP contribution in [0.15, 0.2) is 29.2 Å². The Morgan fingerprint density at radius 2 is 1.68 bits per heavy atom. The van der Waals surface area contributed by atoms with Gasteiger partial charge in [-0.2, -0.15) is 4.31 Å². The summed E-state index contributed by atoms with van der Waals surface area (Å²) in [6.07, 6.45) is 6.25. The lowest BCUT2D eigenvalue weighted by molar-refractivity contribution is 0.0922. The average molecular weight is 365 g/mol. The molecule has 7 heteroatoms. The molecule has 3 N–H and O–H groups in total. The Morgan fingerprint density at radius 3 is 2.36 bits per heavy atom. The Kier molecular flexibility index (Phi) is 5.76. The van der Waals surface area contributed by atoms with E-state index >= 15 is 0 Å². The number of carbonyl (C=O) groups excluding carboxylic acids is 1. The molecule has 1 aliphatic heterocycles. The second-order valence-electron chi connectivity index (χ2n) is 7.05. The van der Waals surface area contributed by atoms with Crippen LogP contribution in [0.25, 0.3) is 0 Å². The van der Waals surface area contributed by atoms with E-state index in [1.54, 1.807) is 18.2 Å². The second-order valence-corrected chi connectivity index (χ2v) is 8.95. The van der Waals surface area contributed by atoms with Gasteiger partial charge in [-0.25, -0.2) is 8.42 Å². The number of hydrogen-bond donors (Lipinski definition) is 2. The molecule has 1 saturated carbocycles. The van der Waals surface area contributed by atoms with Crippen LogP contribution in [-0.2, 0) is 10.0 Å². The van der Waals surface area contributed by atoms with Gasteiger partial charge in [-0.1, -0.05) is 18.6 Å². The highest BCUT2D eigenvalue weighted by molar-refractivity contribution is 7.89. The highest BCUT2D eigenvalue weighted by Crippen LogP contribution is 2.24. The van der Waals surface area contributed by atoms with Crippen molar-refractivity contribution in [1.29, 1.82) is 0 Å². The van der Waals surface area contributed by atoms with Crippen LogP contribution in [-0.4, -0.2) is 43.8 Å². The van der Waals surface area contributed by atoms with Crippen LogP contribution in [0.4, 0.5) is 0 Å². The molecule has 3 rings (SSSR count). The summed E-state index contributed by atoms with van der Waals surface area (Å²) in [6, 6.07) is 6.79. The van der Waals surface area contributed by atoms with E-state index < -0.39 is 10.0 Å². The number of carbonyl (C=O) groups is 1. The van der Waals surface area contributed by atoms with Gasteiger partial charge in [-0.3, -0.25) is 4.79 Å². The van der Waals surface area contributed by atoms with Gasteiger partial charge < -0.3 is 11.1 Å². The number of hydrogen-bond acceptors (Lipinski definition) is 4. The van der Waals surface area contributed by atoms with Crippen LogP contribution in [0.1, 0.15) is 55.3 Å². The molecule has 2 fully saturated rings. The molecular weight excluding hydrogens is 338 g/mol. The molecule has 0 radical (unpaired) electrons. The lowest BCUT2D eigenvalue weighted by Gasteiger charge is -2.28. The van der Waals surface area contributed by atoms with Crippen molar-refractivity contribution in [2.24, 2.45) is 5.73 Å². The van der Waals surface area contributed by atoms with E-state index in [1.165, 1.54) is 10.4 Å². The third kappa shape index (κ3) is 4.22. The molecule has 1 amide bonds. The van der Waals surface area contributed by atoms with Gasteiger partial charge in [0.2, 0.25) is 10.0 Å². The van der Waals surface area contributed by atoms with Crippen molar-refractivity contribution < 1.29 is 13.2 Å². The lowest BCUT2D eigenvalue weighted by atomic mass is 9.91. The van der Waals surface area contributed by atoms with Gasteiger partial charge in [0, 0.05) is 25.2 Å². The Morgan fingerprint density at radius 1 is 1.04 bits per heavy atom. The molecule has 25 heavy (non-hydrogen) atoms. The molecule has 0 bridgehead atoms. The third-order valence-electron chi connectivity index (χ3n) is 5.17. The van der Waals surface area contributed by atoms with E-state index in [0.29, 0.717) is 13.1 Å². The van der Waals surface area contributed by atoms with Gasteiger partial charge in [0.1, 0.15) is 0 Å². The van der Waals surface area contributed by atoms with Gasteiger partial charge in [0.25, 0.3) is 5.91 Å². The van der Waals surface area contributed by atoms with Gasteiger partial charge in [0.15, 0.2) is 0 Å². The number of amides is 1. The van der Waals surface area contributed by atoms with Crippen LogP contribution in [0.5, 0.6) is 0 Å². The van der Waals surface area contributed by atoms with Crippen molar-refractivity contribution in [2.75, 3.05) is 13.1 Å². The Hall–Kier alpha value is -1.44. The van der Waals surface area contributed by atoms with Crippen molar-refractivity contribution in [1.82, 2.24) is 9.62 Å². The Bertz CT molecular complexity index is 706. The number of nitrogens with zero attached hydrogens (tertiary/aromatic N) is 1. The maximum absolute atomic E-state index is 13.0. The monoisotopic (exact) mass is 365 g/mol. The van der Waals surface area contributed by atoms with E-state index in [0.717, 1.165) is 44.9 Å². The first-order chi connectivity index (χ1) is 12.0. The fourth-order valence-electron chi connectivity index (χ4n) is 3.65. The molecule has 0 aromatic heterocycles. The fourth-order valence-corrected chi connectivity index (χ4v) is 5.36. The summed E-state index contributed by atoms with van der Waals surface area (Å²) in [6.45, 7) is 1.05. The molecule has 0 unspecified atom stereocenters. The average Bonchev–Trinajstić information content (AvgIpc) is 2.64.